The van der Waals surface area contributed by atoms with Crippen molar-refractivity contribution in [3.05, 3.63) is 22.6 Å². The van der Waals surface area contributed by atoms with Gasteiger partial charge >= 0.3 is 6.09 Å². The first kappa shape index (κ1) is 25.5. The number of aromatic nitrogens is 3. The van der Waals surface area contributed by atoms with Crippen molar-refractivity contribution in [1.82, 2.24) is 19.2 Å². The van der Waals surface area contributed by atoms with E-state index in [1.807, 2.05) is 38.6 Å². The summed E-state index contributed by atoms with van der Waals surface area (Å²) in [6, 6.07) is 1.51. The number of carbonyl (C=O) groups is 1. The fourth-order valence-corrected chi connectivity index (χ4v) is 4.92. The number of aryl methyl sites for hydroxylation is 1. The minimum atomic E-state index is -0.568. The molecule has 0 radical (unpaired) electrons. The first-order valence-corrected chi connectivity index (χ1v) is 12.5. The average molecular weight is 490 g/mol. The first-order chi connectivity index (χ1) is 16.6. The highest BCUT2D eigenvalue weighted by molar-refractivity contribution is 5.88. The fourth-order valence-electron chi connectivity index (χ4n) is 4.92. The third-order valence-electron chi connectivity index (χ3n) is 6.79. The van der Waals surface area contributed by atoms with E-state index in [0.29, 0.717) is 26.1 Å². The summed E-state index contributed by atoms with van der Waals surface area (Å²) in [4.78, 5) is 29.9. The predicted molar refractivity (Wildman–Crippen MR) is 134 cm³/mol. The van der Waals surface area contributed by atoms with Crippen molar-refractivity contribution >= 4 is 22.8 Å². The molecule has 0 N–H and O–H groups in total. The highest BCUT2D eigenvalue weighted by atomic mass is 16.6. The van der Waals surface area contributed by atoms with Gasteiger partial charge in [-0.25, -0.2) is 9.48 Å². The fraction of sp³-hybridized carbons (Fsp3) is 0.720. The van der Waals surface area contributed by atoms with Gasteiger partial charge < -0.3 is 28.6 Å². The Morgan fingerprint density at radius 2 is 2.03 bits per heavy atom. The quantitative estimate of drug-likeness (QED) is 0.637. The largest absolute Gasteiger partial charge is 0.444 e. The van der Waals surface area contributed by atoms with Crippen molar-refractivity contribution in [2.45, 2.75) is 77.3 Å². The van der Waals surface area contributed by atoms with Gasteiger partial charge in [-0.15, -0.1) is 0 Å². The second-order valence-electron chi connectivity index (χ2n) is 10.7. The molecule has 2 aromatic heterocycles. The summed E-state index contributed by atoms with van der Waals surface area (Å²) in [5, 5.41) is 4.91. The molecule has 0 aromatic carbocycles. The normalized spacial score (nSPS) is 23.7. The molecule has 2 aliphatic heterocycles. The van der Waals surface area contributed by atoms with Gasteiger partial charge in [-0.2, -0.15) is 5.10 Å². The van der Waals surface area contributed by atoms with Crippen LogP contribution >= 0.6 is 0 Å². The number of nitrogens with zero attached hydrogens (tertiary/aromatic N) is 5. The van der Waals surface area contributed by atoms with E-state index in [-0.39, 0.29) is 30.0 Å². The lowest BCUT2D eigenvalue weighted by Crippen LogP contribution is -2.60. The summed E-state index contributed by atoms with van der Waals surface area (Å²) < 4.78 is 20.5. The standard InChI is InChI=1S/C25H39N5O5/c1-17-14-29(18(10-12-33-6)15-28(17)24(32)35-25(2,3)4)19-13-21(31)27(5)20-16-30(26-23(19)20)22-9-7-8-11-34-22/h13,16-18,22H,7-12,14-15H2,1-6H3/t17-,18+,22?/m1/s1. The third-order valence-corrected chi connectivity index (χ3v) is 6.79. The number of hydrogen-bond acceptors (Lipinski definition) is 7. The van der Waals surface area contributed by atoms with Gasteiger partial charge in [-0.05, 0) is 53.4 Å². The van der Waals surface area contributed by atoms with Crippen molar-refractivity contribution in [3.8, 4) is 0 Å². The number of piperazine rings is 1. The van der Waals surface area contributed by atoms with Gasteiger partial charge in [0.25, 0.3) is 5.56 Å². The Hall–Kier alpha value is -2.59. The minimum absolute atomic E-state index is 0.0509. The van der Waals surface area contributed by atoms with Crippen LogP contribution in [0.25, 0.3) is 11.0 Å². The molecule has 10 heteroatoms. The Morgan fingerprint density at radius 3 is 2.69 bits per heavy atom. The molecule has 1 unspecified atom stereocenters. The van der Waals surface area contributed by atoms with Crippen LogP contribution in [0.15, 0.2) is 17.1 Å². The van der Waals surface area contributed by atoms with E-state index < -0.39 is 5.60 Å². The molecule has 2 fully saturated rings. The van der Waals surface area contributed by atoms with E-state index in [4.69, 9.17) is 19.3 Å². The lowest BCUT2D eigenvalue weighted by molar-refractivity contribution is -0.0391. The summed E-state index contributed by atoms with van der Waals surface area (Å²) in [7, 11) is 3.44. The summed E-state index contributed by atoms with van der Waals surface area (Å²) in [5.74, 6) is 0. The molecule has 2 saturated heterocycles. The zero-order valence-corrected chi connectivity index (χ0v) is 21.8. The zero-order valence-electron chi connectivity index (χ0n) is 21.8. The maximum Gasteiger partial charge on any atom is 0.410 e. The molecule has 4 rings (SSSR count). The molecule has 2 aliphatic rings. The Labute approximate surface area is 206 Å². The molecule has 194 valence electrons. The molecule has 2 aromatic rings. The van der Waals surface area contributed by atoms with Crippen LogP contribution in [-0.2, 0) is 21.3 Å². The van der Waals surface area contributed by atoms with Crippen molar-refractivity contribution in [3.63, 3.8) is 0 Å². The van der Waals surface area contributed by atoms with Crippen LogP contribution in [0.2, 0.25) is 0 Å². The molecule has 0 saturated carbocycles. The van der Waals surface area contributed by atoms with E-state index in [1.54, 1.807) is 29.7 Å². The number of amides is 1. The highest BCUT2D eigenvalue weighted by Gasteiger charge is 2.37. The van der Waals surface area contributed by atoms with Gasteiger partial charge in [0, 0.05) is 58.6 Å². The Bertz CT molecular complexity index is 1100. The Balaban J connectivity index is 1.71. The highest BCUT2D eigenvalue weighted by Crippen LogP contribution is 2.32. The number of ether oxygens (including phenoxy) is 3. The summed E-state index contributed by atoms with van der Waals surface area (Å²) in [5.41, 5.74) is 1.66. The van der Waals surface area contributed by atoms with Crippen LogP contribution in [-0.4, -0.2) is 76.4 Å². The van der Waals surface area contributed by atoms with Crippen LogP contribution in [0.4, 0.5) is 10.5 Å². The van der Waals surface area contributed by atoms with E-state index in [9.17, 15) is 9.59 Å². The van der Waals surface area contributed by atoms with Crippen LogP contribution in [0.5, 0.6) is 0 Å². The molecule has 3 atom stereocenters. The number of rotatable bonds is 5. The van der Waals surface area contributed by atoms with Gasteiger partial charge in [-0.3, -0.25) is 4.79 Å². The van der Waals surface area contributed by atoms with E-state index in [0.717, 1.165) is 42.6 Å². The lowest BCUT2D eigenvalue weighted by atomic mass is 10.0. The maximum atomic E-state index is 13.0. The predicted octanol–water partition coefficient (Wildman–Crippen LogP) is 3.28. The molecule has 1 amide bonds. The molecular formula is C25H39N5O5. The van der Waals surface area contributed by atoms with Gasteiger partial charge in [0.1, 0.15) is 17.3 Å². The van der Waals surface area contributed by atoms with Gasteiger partial charge in [0.05, 0.1) is 17.4 Å². The van der Waals surface area contributed by atoms with E-state index >= 15 is 0 Å². The zero-order chi connectivity index (χ0) is 25.3. The second kappa shape index (κ2) is 10.2. The topological polar surface area (TPSA) is 91.1 Å². The van der Waals surface area contributed by atoms with Crippen molar-refractivity contribution in [2.24, 2.45) is 7.05 Å². The first-order valence-electron chi connectivity index (χ1n) is 12.5. The molecule has 0 spiro atoms. The monoisotopic (exact) mass is 489 g/mol. The van der Waals surface area contributed by atoms with Gasteiger partial charge in [0.2, 0.25) is 0 Å². The number of carbonyl (C=O) groups excluding carboxylic acids is 1. The minimum Gasteiger partial charge on any atom is -0.444 e. The number of methoxy groups -OCH3 is 1. The van der Waals surface area contributed by atoms with Crippen LogP contribution in [0.1, 0.15) is 59.6 Å². The second-order valence-corrected chi connectivity index (χ2v) is 10.7. The SMILES string of the molecule is COCC[C@H]1CN(C(=O)OC(C)(C)C)[C@H](C)CN1c1cc(=O)n(C)c2cn(C3CCCCO3)nc12. The van der Waals surface area contributed by atoms with E-state index in [1.165, 1.54) is 0 Å². The lowest BCUT2D eigenvalue weighted by Gasteiger charge is -2.46. The van der Waals surface area contributed by atoms with Crippen molar-refractivity contribution < 1.29 is 19.0 Å². The Kier molecular flexibility index (Phi) is 7.42. The molecule has 4 heterocycles. The summed E-state index contributed by atoms with van der Waals surface area (Å²) >= 11 is 0. The van der Waals surface area contributed by atoms with Gasteiger partial charge in [0.15, 0.2) is 0 Å². The van der Waals surface area contributed by atoms with Crippen LogP contribution in [0, 0.1) is 0 Å². The molecular weight excluding hydrogens is 450 g/mol. The molecule has 35 heavy (non-hydrogen) atoms. The van der Waals surface area contributed by atoms with E-state index in [2.05, 4.69) is 4.90 Å². The smallest absolute Gasteiger partial charge is 0.410 e. The number of pyridine rings is 1. The van der Waals surface area contributed by atoms with Gasteiger partial charge in [-0.1, -0.05) is 0 Å². The average Bonchev–Trinajstić information content (AvgIpc) is 3.26. The summed E-state index contributed by atoms with van der Waals surface area (Å²) in [6.45, 7) is 9.92. The van der Waals surface area contributed by atoms with Crippen molar-refractivity contribution in [1.29, 1.82) is 0 Å². The number of anilines is 1. The number of fused-ring (bicyclic) bond motifs is 1. The van der Waals surface area contributed by atoms with Crippen LogP contribution < -0.4 is 10.5 Å². The summed E-state index contributed by atoms with van der Waals surface area (Å²) in [6.07, 6.45) is 5.23. The van der Waals surface area contributed by atoms with Crippen LogP contribution in [0.3, 0.4) is 0 Å². The molecule has 0 aliphatic carbocycles. The third kappa shape index (κ3) is 5.48. The molecule has 0 bridgehead atoms. The molecule has 10 nitrogen and oxygen atoms in total. The number of hydrogen-bond donors (Lipinski definition) is 0. The maximum absolute atomic E-state index is 13.0. The van der Waals surface area contributed by atoms with Crippen molar-refractivity contribution in [2.75, 3.05) is 38.3 Å². The Morgan fingerprint density at radius 1 is 1.26 bits per heavy atom.